The average molecular weight is 496 g/mol. The van der Waals surface area contributed by atoms with E-state index in [1.54, 1.807) is 54.7 Å². The van der Waals surface area contributed by atoms with Crippen molar-refractivity contribution in [1.29, 1.82) is 0 Å². The number of nitrogens with one attached hydrogen (secondary N) is 1. The van der Waals surface area contributed by atoms with E-state index >= 15 is 0 Å². The molecule has 1 heterocycles. The third-order valence-electron chi connectivity index (χ3n) is 5.28. The Hall–Kier alpha value is -4.85. The summed E-state index contributed by atoms with van der Waals surface area (Å²) in [5.41, 5.74) is 3.82. The van der Waals surface area contributed by atoms with Crippen molar-refractivity contribution in [3.63, 3.8) is 0 Å². The minimum absolute atomic E-state index is 0.117. The van der Waals surface area contributed by atoms with Crippen molar-refractivity contribution >= 4 is 23.7 Å². The summed E-state index contributed by atoms with van der Waals surface area (Å²) in [7, 11) is 0. The van der Waals surface area contributed by atoms with Crippen molar-refractivity contribution in [2.45, 2.75) is 26.7 Å². The molecule has 1 aromatic heterocycles. The molecule has 0 unspecified atom stereocenters. The van der Waals surface area contributed by atoms with E-state index in [-0.39, 0.29) is 12.3 Å². The third kappa shape index (κ3) is 7.32. The predicted molar refractivity (Wildman–Crippen MR) is 138 cm³/mol. The quantitative estimate of drug-likeness (QED) is 0.277. The van der Waals surface area contributed by atoms with Gasteiger partial charge < -0.3 is 14.8 Å². The molecule has 1 amide bonds. The van der Waals surface area contributed by atoms with Crippen molar-refractivity contribution in [2.24, 2.45) is 0 Å². The van der Waals surface area contributed by atoms with Crippen LogP contribution in [0.4, 0.5) is 5.82 Å². The van der Waals surface area contributed by atoms with E-state index in [1.165, 1.54) is 13.8 Å². The Balaban J connectivity index is 1.54. The molecular formula is C29H25N3O5. The van der Waals surface area contributed by atoms with Crippen LogP contribution in [-0.4, -0.2) is 27.8 Å². The molecule has 0 bridgehead atoms. The van der Waals surface area contributed by atoms with E-state index < -0.39 is 11.9 Å². The van der Waals surface area contributed by atoms with E-state index in [1.807, 2.05) is 30.3 Å². The summed E-state index contributed by atoms with van der Waals surface area (Å²) in [6, 6.07) is 23.5. The van der Waals surface area contributed by atoms with E-state index in [9.17, 15) is 14.4 Å². The second-order valence-electron chi connectivity index (χ2n) is 8.29. The second kappa shape index (κ2) is 11.7. The monoisotopic (exact) mass is 495 g/mol. The zero-order chi connectivity index (χ0) is 26.2. The molecule has 1 N–H and O–H groups in total. The van der Waals surface area contributed by atoms with E-state index in [2.05, 4.69) is 10.3 Å². The highest BCUT2D eigenvalue weighted by atomic mass is 16.5. The average Bonchev–Trinajstić information content (AvgIpc) is 2.87. The molecule has 0 aliphatic rings. The van der Waals surface area contributed by atoms with Gasteiger partial charge in [0.2, 0.25) is 5.91 Å². The number of nitrogens with zero attached hydrogens (tertiary/aromatic N) is 2. The van der Waals surface area contributed by atoms with E-state index in [0.717, 1.165) is 16.7 Å². The predicted octanol–water partition coefficient (Wildman–Crippen LogP) is 4.77. The van der Waals surface area contributed by atoms with Gasteiger partial charge in [-0.3, -0.25) is 14.4 Å². The van der Waals surface area contributed by atoms with Gasteiger partial charge >= 0.3 is 11.9 Å². The molecule has 0 radical (unpaired) electrons. The number of hydrogen-bond donors (Lipinski definition) is 1. The number of carbonyl (C=O) groups is 3. The second-order valence-corrected chi connectivity index (χ2v) is 8.29. The standard InChI is InChI=1S/C29H25N3O5/c1-19(33)36-24-12-8-22(9-13-24)17-28(35)32-29-26(16-21-6-4-3-5-7-21)31-27(18-30-29)23-10-14-25(15-11-23)37-20(2)34/h3-15,18H,16-17H2,1-2H3,(H,30,32,35). The molecule has 8 heteroatoms. The lowest BCUT2D eigenvalue weighted by molar-refractivity contribution is -0.132. The van der Waals surface area contributed by atoms with Crippen LogP contribution in [0, 0.1) is 0 Å². The molecule has 37 heavy (non-hydrogen) atoms. The van der Waals surface area contributed by atoms with Gasteiger partial charge in [-0.15, -0.1) is 0 Å². The van der Waals surface area contributed by atoms with Gasteiger partial charge in [0.05, 0.1) is 24.0 Å². The van der Waals surface area contributed by atoms with Gasteiger partial charge in [0.15, 0.2) is 5.82 Å². The molecule has 4 rings (SSSR count). The van der Waals surface area contributed by atoms with Gasteiger partial charge in [0.1, 0.15) is 11.5 Å². The SMILES string of the molecule is CC(=O)Oc1ccc(CC(=O)Nc2ncc(-c3ccc(OC(C)=O)cc3)nc2Cc2ccccc2)cc1. The number of ether oxygens (including phenoxy) is 2. The fourth-order valence-electron chi connectivity index (χ4n) is 3.65. The number of benzene rings is 3. The Labute approximate surface area is 214 Å². The highest BCUT2D eigenvalue weighted by Gasteiger charge is 2.14. The van der Waals surface area contributed by atoms with Crippen molar-refractivity contribution in [1.82, 2.24) is 9.97 Å². The first-order valence-electron chi connectivity index (χ1n) is 11.6. The number of esters is 2. The van der Waals surface area contributed by atoms with Crippen LogP contribution in [0.5, 0.6) is 11.5 Å². The smallest absolute Gasteiger partial charge is 0.308 e. The lowest BCUT2D eigenvalue weighted by Gasteiger charge is -2.12. The van der Waals surface area contributed by atoms with E-state index in [4.69, 9.17) is 14.5 Å². The number of hydrogen-bond acceptors (Lipinski definition) is 7. The Bertz CT molecular complexity index is 1400. The Morgan fingerprint density at radius 2 is 1.35 bits per heavy atom. The van der Waals surface area contributed by atoms with Gasteiger partial charge in [-0.05, 0) is 47.5 Å². The number of anilines is 1. The van der Waals surface area contributed by atoms with Crippen LogP contribution in [0.2, 0.25) is 0 Å². The summed E-state index contributed by atoms with van der Waals surface area (Å²) in [6.07, 6.45) is 2.19. The van der Waals surface area contributed by atoms with Gasteiger partial charge in [-0.1, -0.05) is 42.5 Å². The maximum absolute atomic E-state index is 12.8. The highest BCUT2D eigenvalue weighted by Crippen LogP contribution is 2.24. The van der Waals surface area contributed by atoms with Crippen molar-refractivity contribution in [3.05, 3.63) is 102 Å². The van der Waals surface area contributed by atoms with Gasteiger partial charge in [-0.25, -0.2) is 9.97 Å². The molecule has 0 aliphatic carbocycles. The minimum Gasteiger partial charge on any atom is -0.427 e. The number of carbonyl (C=O) groups excluding carboxylic acids is 3. The normalized spacial score (nSPS) is 10.4. The summed E-state index contributed by atoms with van der Waals surface area (Å²) in [4.78, 5) is 44.4. The summed E-state index contributed by atoms with van der Waals surface area (Å²) in [5.74, 6) is 0.201. The largest absolute Gasteiger partial charge is 0.427 e. The maximum atomic E-state index is 12.8. The highest BCUT2D eigenvalue weighted by molar-refractivity contribution is 5.92. The fourth-order valence-corrected chi connectivity index (χ4v) is 3.65. The summed E-state index contributed by atoms with van der Waals surface area (Å²) < 4.78 is 10.1. The topological polar surface area (TPSA) is 107 Å². The zero-order valence-corrected chi connectivity index (χ0v) is 20.4. The first-order valence-corrected chi connectivity index (χ1v) is 11.6. The van der Waals surface area contributed by atoms with Crippen LogP contribution in [-0.2, 0) is 27.2 Å². The number of aromatic nitrogens is 2. The molecular weight excluding hydrogens is 470 g/mol. The Morgan fingerprint density at radius 3 is 1.95 bits per heavy atom. The van der Waals surface area contributed by atoms with Crippen molar-refractivity contribution < 1.29 is 23.9 Å². The molecule has 0 saturated heterocycles. The molecule has 0 spiro atoms. The van der Waals surface area contributed by atoms with Gasteiger partial charge in [-0.2, -0.15) is 0 Å². The molecule has 3 aromatic carbocycles. The fraction of sp³-hybridized carbons (Fsp3) is 0.138. The molecule has 8 nitrogen and oxygen atoms in total. The number of rotatable bonds is 8. The van der Waals surface area contributed by atoms with Crippen LogP contribution in [0.25, 0.3) is 11.3 Å². The molecule has 186 valence electrons. The first kappa shape index (κ1) is 25.2. The lowest BCUT2D eigenvalue weighted by Crippen LogP contribution is -2.17. The van der Waals surface area contributed by atoms with Crippen LogP contribution in [0.1, 0.15) is 30.7 Å². The lowest BCUT2D eigenvalue weighted by atomic mass is 10.1. The van der Waals surface area contributed by atoms with Crippen molar-refractivity contribution in [3.8, 4) is 22.8 Å². The van der Waals surface area contributed by atoms with Gasteiger partial charge in [0.25, 0.3) is 0 Å². The summed E-state index contributed by atoms with van der Waals surface area (Å²) >= 11 is 0. The first-order chi connectivity index (χ1) is 17.9. The summed E-state index contributed by atoms with van der Waals surface area (Å²) in [5, 5.41) is 2.88. The van der Waals surface area contributed by atoms with Gasteiger partial charge in [0, 0.05) is 25.8 Å². The molecule has 4 aromatic rings. The summed E-state index contributed by atoms with van der Waals surface area (Å²) in [6.45, 7) is 2.68. The van der Waals surface area contributed by atoms with Crippen LogP contribution < -0.4 is 14.8 Å². The van der Waals surface area contributed by atoms with Crippen molar-refractivity contribution in [2.75, 3.05) is 5.32 Å². The van der Waals surface area contributed by atoms with Crippen LogP contribution >= 0.6 is 0 Å². The minimum atomic E-state index is -0.404. The van der Waals surface area contributed by atoms with E-state index in [0.29, 0.717) is 35.1 Å². The molecule has 0 saturated carbocycles. The van der Waals surface area contributed by atoms with Crippen LogP contribution in [0.15, 0.2) is 85.1 Å². The third-order valence-corrected chi connectivity index (χ3v) is 5.28. The Morgan fingerprint density at radius 1 is 0.757 bits per heavy atom. The Kier molecular flexibility index (Phi) is 8.00. The molecule has 0 aliphatic heterocycles. The maximum Gasteiger partial charge on any atom is 0.308 e. The molecule has 0 atom stereocenters. The zero-order valence-electron chi connectivity index (χ0n) is 20.4. The molecule has 0 fully saturated rings. The number of amides is 1. The van der Waals surface area contributed by atoms with Crippen LogP contribution in [0.3, 0.4) is 0 Å².